The van der Waals surface area contributed by atoms with Gasteiger partial charge in [0.05, 0.1) is 5.69 Å². The molecule has 2 aromatic rings. The number of anilines is 1. The van der Waals surface area contributed by atoms with Crippen LogP contribution in [0.15, 0.2) is 60.3 Å². The number of hydrogen-bond acceptors (Lipinski definition) is 6. The van der Waals surface area contributed by atoms with Crippen LogP contribution in [0.4, 0.5) is 5.69 Å². The first kappa shape index (κ1) is 20.8. The molecule has 1 aliphatic rings. The fourth-order valence-corrected chi connectivity index (χ4v) is 3.02. The number of aldehydes is 1. The largest absolute Gasteiger partial charge is 0.489 e. The second-order valence-corrected chi connectivity index (χ2v) is 6.81. The van der Waals surface area contributed by atoms with Gasteiger partial charge in [-0.2, -0.15) is 0 Å². The van der Waals surface area contributed by atoms with Gasteiger partial charge in [-0.1, -0.05) is 30.3 Å². The predicted octanol–water partition coefficient (Wildman–Crippen LogP) is 0.994. The number of rotatable bonds is 6. The Morgan fingerprint density at radius 1 is 1.23 bits per heavy atom. The molecule has 3 N–H and O–H groups in total. The van der Waals surface area contributed by atoms with Gasteiger partial charge in [0.15, 0.2) is 5.78 Å². The monoisotopic (exact) mass is 407 g/mol. The molecule has 1 heterocycles. The highest BCUT2D eigenvalue weighted by molar-refractivity contribution is 6.05. The molecule has 8 nitrogen and oxygen atoms in total. The van der Waals surface area contributed by atoms with Crippen molar-refractivity contribution in [3.05, 3.63) is 71.4 Å². The van der Waals surface area contributed by atoms with Crippen LogP contribution in [0, 0.1) is 0 Å². The molecule has 1 aliphatic heterocycles. The van der Waals surface area contributed by atoms with E-state index in [-0.39, 0.29) is 24.5 Å². The molecule has 3 rings (SSSR count). The van der Waals surface area contributed by atoms with Crippen LogP contribution in [-0.4, -0.2) is 43.6 Å². The van der Waals surface area contributed by atoms with Gasteiger partial charge in [0, 0.05) is 25.1 Å². The summed E-state index contributed by atoms with van der Waals surface area (Å²) in [5.41, 5.74) is 7.07. The molecule has 154 valence electrons. The molecule has 30 heavy (non-hydrogen) atoms. The summed E-state index contributed by atoms with van der Waals surface area (Å²) in [6, 6.07) is 12.7. The maximum atomic E-state index is 12.7. The van der Waals surface area contributed by atoms with Crippen LogP contribution in [-0.2, 0) is 20.8 Å². The first-order valence-corrected chi connectivity index (χ1v) is 9.23. The fraction of sp³-hybridized carbons (Fsp3) is 0.182. The van der Waals surface area contributed by atoms with Gasteiger partial charge >= 0.3 is 0 Å². The summed E-state index contributed by atoms with van der Waals surface area (Å²) in [6.07, 6.45) is 1.83. The van der Waals surface area contributed by atoms with Gasteiger partial charge in [-0.05, 0) is 23.8 Å². The van der Waals surface area contributed by atoms with E-state index in [1.165, 1.54) is 18.0 Å². The van der Waals surface area contributed by atoms with E-state index in [4.69, 9.17) is 10.5 Å². The molecule has 0 aromatic heterocycles. The molecule has 0 saturated heterocycles. The number of ketones is 1. The van der Waals surface area contributed by atoms with Crippen molar-refractivity contribution in [2.24, 2.45) is 5.73 Å². The number of ether oxygens (including phenoxy) is 1. The molecule has 0 spiro atoms. The maximum absolute atomic E-state index is 12.7. The number of likely N-dealkylation sites (N-methyl/N-ethyl adjacent to an activating group) is 1. The van der Waals surface area contributed by atoms with E-state index in [9.17, 15) is 19.2 Å². The van der Waals surface area contributed by atoms with E-state index < -0.39 is 17.9 Å². The van der Waals surface area contributed by atoms with Gasteiger partial charge in [0.25, 0.3) is 11.8 Å². The van der Waals surface area contributed by atoms with Crippen LogP contribution >= 0.6 is 0 Å². The quantitative estimate of drug-likeness (QED) is 0.545. The third-order valence-electron chi connectivity index (χ3n) is 4.62. The van der Waals surface area contributed by atoms with Gasteiger partial charge in [0.2, 0.25) is 0 Å². The number of hydrogen-bond donors (Lipinski definition) is 2. The van der Waals surface area contributed by atoms with Crippen molar-refractivity contribution in [3.8, 4) is 5.75 Å². The zero-order valence-electron chi connectivity index (χ0n) is 16.3. The van der Waals surface area contributed by atoms with Crippen LogP contribution in [0.3, 0.4) is 0 Å². The number of nitrogens with one attached hydrogen (secondary N) is 1. The molecule has 2 aromatic carbocycles. The zero-order chi connectivity index (χ0) is 21.7. The van der Waals surface area contributed by atoms with Crippen LogP contribution in [0.2, 0.25) is 0 Å². The first-order valence-electron chi connectivity index (χ1n) is 9.23. The first-order chi connectivity index (χ1) is 14.4. The Bertz CT molecular complexity index is 1020. The van der Waals surface area contributed by atoms with E-state index in [0.29, 0.717) is 23.3 Å². The molecule has 2 amide bonds. The highest BCUT2D eigenvalue weighted by atomic mass is 16.5. The smallest absolute Gasteiger partial charge is 0.268 e. The van der Waals surface area contributed by atoms with Crippen molar-refractivity contribution < 1.29 is 23.9 Å². The lowest BCUT2D eigenvalue weighted by Crippen LogP contribution is -2.50. The Morgan fingerprint density at radius 3 is 2.67 bits per heavy atom. The van der Waals surface area contributed by atoms with Crippen molar-refractivity contribution in [1.82, 2.24) is 5.32 Å². The highest BCUT2D eigenvalue weighted by Crippen LogP contribution is 2.31. The van der Waals surface area contributed by atoms with Gasteiger partial charge in [-0.15, -0.1) is 0 Å². The summed E-state index contributed by atoms with van der Waals surface area (Å²) < 4.78 is 5.62. The van der Waals surface area contributed by atoms with Gasteiger partial charge in [-0.25, -0.2) is 0 Å². The summed E-state index contributed by atoms with van der Waals surface area (Å²) >= 11 is 0. The van der Waals surface area contributed by atoms with Crippen LogP contribution in [0.25, 0.3) is 0 Å². The molecule has 8 heteroatoms. The minimum absolute atomic E-state index is 0.109. The average molecular weight is 407 g/mol. The standard InChI is InChI=1S/C22H21N3O5/c1-25-19-10-15(12-26)7-8-20(19)30-13-18(22(25)29)24-21(28)17(23)11-16(27)9-14-5-3-2-4-6-14/h2-8,10-12,18H,9,13,23H2,1H3,(H,24,28)/t18-/m0/s1. The number of fused-ring (bicyclic) bond motifs is 1. The van der Waals surface area contributed by atoms with Crippen molar-refractivity contribution >= 4 is 29.6 Å². The Morgan fingerprint density at radius 2 is 1.97 bits per heavy atom. The van der Waals surface area contributed by atoms with Gasteiger partial charge in [0.1, 0.15) is 30.4 Å². The van der Waals surface area contributed by atoms with Crippen LogP contribution in [0.1, 0.15) is 15.9 Å². The van der Waals surface area contributed by atoms with Crippen molar-refractivity contribution in [3.63, 3.8) is 0 Å². The summed E-state index contributed by atoms with van der Waals surface area (Å²) in [4.78, 5) is 49.6. The molecule has 0 radical (unpaired) electrons. The zero-order valence-corrected chi connectivity index (χ0v) is 16.3. The number of amides is 2. The second-order valence-electron chi connectivity index (χ2n) is 6.81. The maximum Gasteiger partial charge on any atom is 0.268 e. The van der Waals surface area contributed by atoms with E-state index >= 15 is 0 Å². The number of nitrogens with zero attached hydrogens (tertiary/aromatic N) is 1. The highest BCUT2D eigenvalue weighted by Gasteiger charge is 2.31. The molecule has 1 atom stereocenters. The number of nitrogens with two attached hydrogens (primary N) is 1. The molecular weight excluding hydrogens is 386 g/mol. The average Bonchev–Trinajstić information content (AvgIpc) is 2.86. The van der Waals surface area contributed by atoms with Gasteiger partial charge < -0.3 is 20.7 Å². The molecule has 0 fully saturated rings. The minimum Gasteiger partial charge on any atom is -0.489 e. The van der Waals surface area contributed by atoms with Crippen LogP contribution < -0.4 is 20.7 Å². The third-order valence-corrected chi connectivity index (χ3v) is 4.62. The van der Waals surface area contributed by atoms with E-state index in [1.54, 1.807) is 24.3 Å². The molecule has 0 bridgehead atoms. The van der Waals surface area contributed by atoms with Gasteiger partial charge in [-0.3, -0.25) is 19.2 Å². The van der Waals surface area contributed by atoms with Crippen LogP contribution in [0.5, 0.6) is 5.75 Å². The van der Waals surface area contributed by atoms with E-state index in [1.807, 2.05) is 18.2 Å². The molecule has 0 unspecified atom stereocenters. The number of benzene rings is 2. The SMILES string of the molecule is CN1C(=O)[C@@H](NC(=O)C(N)=CC(=O)Cc2ccccc2)COc2ccc(C=O)cc21. The van der Waals surface area contributed by atoms with Crippen molar-refractivity contribution in [2.75, 3.05) is 18.6 Å². The Hall–Kier alpha value is -3.94. The second kappa shape index (κ2) is 9.04. The Kier molecular flexibility index (Phi) is 6.26. The summed E-state index contributed by atoms with van der Waals surface area (Å²) in [5, 5.41) is 2.50. The lowest BCUT2D eigenvalue weighted by atomic mass is 10.1. The van der Waals surface area contributed by atoms with E-state index in [0.717, 1.165) is 11.6 Å². The number of allylic oxidation sites excluding steroid dienone is 1. The topological polar surface area (TPSA) is 119 Å². The summed E-state index contributed by atoms with van der Waals surface area (Å²) in [6.45, 7) is -0.117. The normalized spacial score (nSPS) is 16.2. The lowest BCUT2D eigenvalue weighted by Gasteiger charge is -2.20. The third kappa shape index (κ3) is 4.72. The molecule has 0 saturated carbocycles. The minimum atomic E-state index is -1.01. The van der Waals surface area contributed by atoms with E-state index in [2.05, 4.69) is 5.32 Å². The molecular formula is C22H21N3O5. The Balaban J connectivity index is 1.68. The Labute approximate surface area is 173 Å². The predicted molar refractivity (Wildman–Crippen MR) is 110 cm³/mol. The summed E-state index contributed by atoms with van der Waals surface area (Å²) in [5.74, 6) is -1.10. The number of carbonyl (C=O) groups excluding carboxylic acids is 4. The molecule has 0 aliphatic carbocycles. The van der Waals surface area contributed by atoms with Crippen molar-refractivity contribution in [2.45, 2.75) is 12.5 Å². The lowest BCUT2D eigenvalue weighted by molar-refractivity contribution is -0.126. The van der Waals surface area contributed by atoms with Crippen molar-refractivity contribution in [1.29, 1.82) is 0 Å². The number of carbonyl (C=O) groups is 4. The summed E-state index contributed by atoms with van der Waals surface area (Å²) in [7, 11) is 1.52. The fourth-order valence-electron chi connectivity index (χ4n) is 3.02.